The maximum absolute atomic E-state index is 13.4. The average molecular weight is 299 g/mol. The third-order valence-electron chi connectivity index (χ3n) is 3.80. The molecule has 1 aliphatic rings. The standard InChI is InChI=1S/C15H22FNS2/c1-9-7-12(5-6-13(9)16)15(17-4)14-8-18-10(2)11(3)19-14/h5-7,10-11,14-15,17H,8H2,1-4H3. The van der Waals surface area contributed by atoms with Crippen molar-refractivity contribution in [2.24, 2.45) is 0 Å². The Bertz CT molecular complexity index is 438. The molecule has 1 fully saturated rings. The monoisotopic (exact) mass is 299 g/mol. The Morgan fingerprint density at radius 2 is 2.05 bits per heavy atom. The Morgan fingerprint density at radius 1 is 1.32 bits per heavy atom. The molecule has 0 spiro atoms. The average Bonchev–Trinajstić information content (AvgIpc) is 2.39. The lowest BCUT2D eigenvalue weighted by molar-refractivity contribution is 0.580. The van der Waals surface area contributed by atoms with Gasteiger partial charge in [-0.25, -0.2) is 4.39 Å². The number of thioether (sulfide) groups is 2. The minimum Gasteiger partial charge on any atom is -0.312 e. The fourth-order valence-corrected chi connectivity index (χ4v) is 5.57. The van der Waals surface area contributed by atoms with Crippen LogP contribution >= 0.6 is 23.5 Å². The van der Waals surface area contributed by atoms with E-state index >= 15 is 0 Å². The van der Waals surface area contributed by atoms with Gasteiger partial charge in [-0.3, -0.25) is 0 Å². The zero-order valence-corrected chi connectivity index (χ0v) is 13.6. The van der Waals surface area contributed by atoms with Gasteiger partial charge in [-0.05, 0) is 31.2 Å². The predicted octanol–water partition coefficient (Wildman–Crippen LogP) is 4.02. The van der Waals surface area contributed by atoms with E-state index in [-0.39, 0.29) is 5.82 Å². The molecule has 0 saturated carbocycles. The molecule has 0 amide bonds. The van der Waals surface area contributed by atoms with Crippen molar-refractivity contribution >= 4 is 23.5 Å². The lowest BCUT2D eigenvalue weighted by atomic mass is 10.0. The lowest BCUT2D eigenvalue weighted by Gasteiger charge is -2.36. The first-order chi connectivity index (χ1) is 9.02. The third kappa shape index (κ3) is 3.47. The summed E-state index contributed by atoms with van der Waals surface area (Å²) in [6.07, 6.45) is 0. The second-order valence-corrected chi connectivity index (χ2v) is 8.22. The minimum atomic E-state index is -0.119. The summed E-state index contributed by atoms with van der Waals surface area (Å²) in [6.45, 7) is 6.44. The van der Waals surface area contributed by atoms with Gasteiger partial charge in [-0.1, -0.05) is 26.0 Å². The van der Waals surface area contributed by atoms with Crippen LogP contribution in [-0.2, 0) is 0 Å². The van der Waals surface area contributed by atoms with Crippen LogP contribution in [0.25, 0.3) is 0 Å². The van der Waals surface area contributed by atoms with Crippen LogP contribution in [-0.4, -0.2) is 28.6 Å². The molecule has 2 rings (SSSR count). The van der Waals surface area contributed by atoms with Crippen LogP contribution in [0.2, 0.25) is 0 Å². The molecule has 1 heterocycles. The van der Waals surface area contributed by atoms with Crippen molar-refractivity contribution in [2.45, 2.75) is 42.6 Å². The molecule has 106 valence electrons. The Balaban J connectivity index is 2.17. The van der Waals surface area contributed by atoms with Gasteiger partial charge in [0.15, 0.2) is 0 Å². The second kappa shape index (κ2) is 6.51. The predicted molar refractivity (Wildman–Crippen MR) is 85.7 cm³/mol. The number of hydrogen-bond donors (Lipinski definition) is 1. The van der Waals surface area contributed by atoms with E-state index in [1.807, 2.05) is 37.9 Å². The van der Waals surface area contributed by atoms with Crippen molar-refractivity contribution < 1.29 is 4.39 Å². The Hall–Kier alpha value is -0.190. The van der Waals surface area contributed by atoms with E-state index in [1.54, 1.807) is 6.07 Å². The summed E-state index contributed by atoms with van der Waals surface area (Å²) >= 11 is 4.10. The van der Waals surface area contributed by atoms with Gasteiger partial charge in [-0.15, -0.1) is 0 Å². The van der Waals surface area contributed by atoms with Crippen molar-refractivity contribution in [1.29, 1.82) is 0 Å². The first kappa shape index (κ1) is 15.2. The second-order valence-electron chi connectivity index (χ2n) is 5.19. The Labute approximate surface area is 124 Å². The number of rotatable bonds is 3. The largest absolute Gasteiger partial charge is 0.312 e. The molecule has 1 saturated heterocycles. The zero-order valence-electron chi connectivity index (χ0n) is 11.9. The molecule has 0 aliphatic carbocycles. The number of aryl methyl sites for hydroxylation is 1. The van der Waals surface area contributed by atoms with Crippen LogP contribution in [0.3, 0.4) is 0 Å². The summed E-state index contributed by atoms with van der Waals surface area (Å²) in [5.74, 6) is 1.03. The van der Waals surface area contributed by atoms with Crippen molar-refractivity contribution in [3.8, 4) is 0 Å². The highest BCUT2D eigenvalue weighted by atomic mass is 32.2. The van der Waals surface area contributed by atoms with Gasteiger partial charge in [0, 0.05) is 27.5 Å². The summed E-state index contributed by atoms with van der Waals surface area (Å²) in [4.78, 5) is 0. The highest BCUT2D eigenvalue weighted by molar-refractivity contribution is 8.07. The van der Waals surface area contributed by atoms with Gasteiger partial charge < -0.3 is 5.32 Å². The van der Waals surface area contributed by atoms with E-state index in [4.69, 9.17) is 0 Å². The van der Waals surface area contributed by atoms with Crippen LogP contribution in [0.1, 0.15) is 31.0 Å². The molecule has 1 aromatic rings. The summed E-state index contributed by atoms with van der Waals surface area (Å²) in [6, 6.07) is 5.77. The highest BCUT2D eigenvalue weighted by Crippen LogP contribution is 2.41. The summed E-state index contributed by atoms with van der Waals surface area (Å²) in [5.41, 5.74) is 1.92. The van der Waals surface area contributed by atoms with Crippen molar-refractivity contribution in [3.63, 3.8) is 0 Å². The molecule has 4 heteroatoms. The van der Waals surface area contributed by atoms with Gasteiger partial charge in [0.25, 0.3) is 0 Å². The SMILES string of the molecule is CNC(c1ccc(F)c(C)c1)C1CSC(C)C(C)S1. The van der Waals surface area contributed by atoms with Crippen LogP contribution < -0.4 is 5.32 Å². The first-order valence-electron chi connectivity index (χ1n) is 6.73. The van der Waals surface area contributed by atoms with Gasteiger partial charge in [-0.2, -0.15) is 23.5 Å². The Kier molecular flexibility index (Phi) is 5.21. The maximum Gasteiger partial charge on any atom is 0.126 e. The number of halogens is 1. The van der Waals surface area contributed by atoms with Gasteiger partial charge in [0.1, 0.15) is 5.82 Å². The lowest BCUT2D eigenvalue weighted by Crippen LogP contribution is -2.35. The van der Waals surface area contributed by atoms with E-state index in [9.17, 15) is 4.39 Å². The number of benzene rings is 1. The van der Waals surface area contributed by atoms with Crippen molar-refractivity contribution in [3.05, 3.63) is 35.1 Å². The summed E-state index contributed by atoms with van der Waals surface area (Å²) in [5, 5.41) is 5.34. The highest BCUT2D eigenvalue weighted by Gasteiger charge is 2.31. The summed E-state index contributed by atoms with van der Waals surface area (Å²) < 4.78 is 13.4. The molecule has 1 aliphatic heterocycles. The number of nitrogens with one attached hydrogen (secondary N) is 1. The van der Waals surface area contributed by atoms with E-state index in [0.29, 0.717) is 21.8 Å². The first-order valence-corrected chi connectivity index (χ1v) is 8.72. The van der Waals surface area contributed by atoms with E-state index in [1.165, 1.54) is 5.56 Å². The van der Waals surface area contributed by atoms with Crippen molar-refractivity contribution in [1.82, 2.24) is 5.32 Å². The van der Waals surface area contributed by atoms with Crippen molar-refractivity contribution in [2.75, 3.05) is 12.8 Å². The summed E-state index contributed by atoms with van der Waals surface area (Å²) in [7, 11) is 2.00. The van der Waals surface area contributed by atoms with Gasteiger partial charge in [0.05, 0.1) is 0 Å². The van der Waals surface area contributed by atoms with Crippen LogP contribution in [0.5, 0.6) is 0 Å². The molecule has 0 bridgehead atoms. The van der Waals surface area contributed by atoms with E-state index in [2.05, 4.69) is 30.9 Å². The van der Waals surface area contributed by atoms with Crippen LogP contribution in [0, 0.1) is 12.7 Å². The van der Waals surface area contributed by atoms with E-state index in [0.717, 1.165) is 11.3 Å². The molecule has 4 unspecified atom stereocenters. The molecule has 1 N–H and O–H groups in total. The molecule has 19 heavy (non-hydrogen) atoms. The topological polar surface area (TPSA) is 12.0 Å². The zero-order chi connectivity index (χ0) is 14.0. The molecule has 0 radical (unpaired) electrons. The van der Waals surface area contributed by atoms with Gasteiger partial charge >= 0.3 is 0 Å². The normalized spacial score (nSPS) is 29.2. The molecule has 4 atom stereocenters. The fraction of sp³-hybridized carbons (Fsp3) is 0.600. The molecule has 0 aromatic heterocycles. The smallest absolute Gasteiger partial charge is 0.126 e. The van der Waals surface area contributed by atoms with Crippen LogP contribution in [0.4, 0.5) is 4.39 Å². The minimum absolute atomic E-state index is 0.119. The third-order valence-corrected chi connectivity index (χ3v) is 7.29. The number of hydrogen-bond acceptors (Lipinski definition) is 3. The fourth-order valence-electron chi connectivity index (χ4n) is 2.41. The quantitative estimate of drug-likeness (QED) is 0.905. The Morgan fingerprint density at radius 3 is 2.63 bits per heavy atom. The molecular weight excluding hydrogens is 277 g/mol. The molecule has 1 nitrogen and oxygen atoms in total. The van der Waals surface area contributed by atoms with Crippen LogP contribution in [0.15, 0.2) is 18.2 Å². The van der Waals surface area contributed by atoms with Gasteiger partial charge in [0.2, 0.25) is 0 Å². The molecular formula is C15H22FNS2. The molecule has 1 aromatic carbocycles. The van der Waals surface area contributed by atoms with E-state index < -0.39 is 0 Å². The maximum atomic E-state index is 13.4.